The predicted molar refractivity (Wildman–Crippen MR) is 112 cm³/mol. The van der Waals surface area contributed by atoms with Crippen molar-refractivity contribution in [1.29, 1.82) is 0 Å². The second-order valence-electron chi connectivity index (χ2n) is 6.03. The van der Waals surface area contributed by atoms with E-state index in [-0.39, 0.29) is 12.4 Å². The van der Waals surface area contributed by atoms with E-state index in [0.29, 0.717) is 0 Å². The minimum Gasteiger partial charge on any atom is -1.00 e. The van der Waals surface area contributed by atoms with Crippen molar-refractivity contribution in [2.45, 2.75) is 0 Å². The van der Waals surface area contributed by atoms with Crippen LogP contribution in [0.25, 0.3) is 10.6 Å². The number of hydrogen-bond acceptors (Lipinski definition) is 2. The Morgan fingerprint density at radius 2 is 1.27 bits per heavy atom. The first kappa shape index (κ1) is 18.8. The van der Waals surface area contributed by atoms with Gasteiger partial charge in [0.05, 0.1) is 12.2 Å². The lowest BCUT2D eigenvalue weighted by atomic mass is 10.2. The van der Waals surface area contributed by atoms with Crippen molar-refractivity contribution in [3.05, 3.63) is 96.5 Å². The lowest BCUT2D eigenvalue weighted by Gasteiger charge is -2.24. The van der Waals surface area contributed by atoms with E-state index in [1.807, 2.05) is 11.6 Å². The van der Waals surface area contributed by atoms with E-state index in [1.165, 1.54) is 21.5 Å². The fourth-order valence-electron chi connectivity index (χ4n) is 3.28. The number of benzene rings is 3. The van der Waals surface area contributed by atoms with Crippen molar-refractivity contribution in [3.63, 3.8) is 0 Å². The van der Waals surface area contributed by atoms with E-state index < -0.39 is 7.26 Å². The summed E-state index contributed by atoms with van der Waals surface area (Å²) in [6.07, 6.45) is 1.89. The van der Waals surface area contributed by atoms with Gasteiger partial charge in [-0.15, -0.1) is 11.3 Å². The summed E-state index contributed by atoms with van der Waals surface area (Å²) in [6.45, 7) is 2.42. The van der Waals surface area contributed by atoms with Crippen LogP contribution in [0.1, 0.15) is 0 Å². The first-order chi connectivity index (χ1) is 12.3. The van der Waals surface area contributed by atoms with Gasteiger partial charge in [0.25, 0.3) is 0 Å². The molecule has 4 aromatic rings. The molecule has 0 bridgehead atoms. The highest BCUT2D eigenvalue weighted by Crippen LogP contribution is 2.53. The van der Waals surface area contributed by atoms with E-state index in [2.05, 4.69) is 96.6 Å². The molecule has 0 spiro atoms. The third-order valence-electron chi connectivity index (χ3n) is 4.59. The Balaban J connectivity index is 0.00000196. The summed E-state index contributed by atoms with van der Waals surface area (Å²) in [4.78, 5) is 4.58. The maximum Gasteiger partial charge on any atom is 0.127 e. The molecule has 4 heteroatoms. The average molecular weight is 396 g/mol. The summed E-state index contributed by atoms with van der Waals surface area (Å²) in [5.41, 5.74) is 1.25. The van der Waals surface area contributed by atoms with Gasteiger partial charge in [-0.3, -0.25) is 0 Å². The molecule has 0 amide bonds. The van der Waals surface area contributed by atoms with Gasteiger partial charge in [-0.2, -0.15) is 0 Å². The zero-order valence-electron chi connectivity index (χ0n) is 14.4. The van der Waals surface area contributed by atoms with Crippen molar-refractivity contribution in [3.8, 4) is 10.6 Å². The topological polar surface area (TPSA) is 12.9 Å². The Hall–Kier alpha value is -1.99. The number of nitrogens with zero attached hydrogens (tertiary/aromatic N) is 1. The van der Waals surface area contributed by atoms with Crippen molar-refractivity contribution in [2.75, 3.05) is 6.66 Å². The van der Waals surface area contributed by atoms with Crippen molar-refractivity contribution in [1.82, 2.24) is 4.98 Å². The van der Waals surface area contributed by atoms with Gasteiger partial charge in [-0.1, -0.05) is 48.5 Å². The lowest BCUT2D eigenvalue weighted by Crippen LogP contribution is -3.00. The minimum absolute atomic E-state index is 0. The molecule has 3 aromatic carbocycles. The van der Waals surface area contributed by atoms with Gasteiger partial charge in [0.15, 0.2) is 0 Å². The van der Waals surface area contributed by atoms with Gasteiger partial charge < -0.3 is 12.4 Å². The fourth-order valence-corrected chi connectivity index (χ4v) is 7.47. The maximum absolute atomic E-state index is 4.58. The lowest BCUT2D eigenvalue weighted by molar-refractivity contribution is -0.00000482. The normalized spacial score (nSPS) is 11.0. The Bertz CT molecular complexity index is 916. The zero-order valence-corrected chi connectivity index (χ0v) is 16.9. The average Bonchev–Trinajstić information content (AvgIpc) is 3.23. The molecule has 1 nitrogen and oxygen atoms in total. The standard InChI is InChI=1S/C22H19NPS.ClH/c1-24(18-10-4-2-5-11-18,19-12-6-3-7-13-19)21-15-9-8-14-20(21)22-23-16-17-25-22;/h2-17H,1H3;1H/q+1;/p-1. The number of thiazole rings is 1. The number of hydrogen-bond donors (Lipinski definition) is 0. The van der Waals surface area contributed by atoms with E-state index in [4.69, 9.17) is 0 Å². The van der Waals surface area contributed by atoms with E-state index in [1.54, 1.807) is 11.3 Å². The molecule has 0 saturated carbocycles. The van der Waals surface area contributed by atoms with Crippen LogP contribution in [-0.4, -0.2) is 11.6 Å². The Labute approximate surface area is 165 Å². The molecule has 0 fully saturated rings. The summed E-state index contributed by atoms with van der Waals surface area (Å²) in [7, 11) is -1.74. The SMILES string of the molecule is C[P+](c1ccccc1)(c1ccccc1)c1ccccc1-c1nccs1.[Cl-]. The Morgan fingerprint density at radius 1 is 0.731 bits per heavy atom. The van der Waals surface area contributed by atoms with Crippen molar-refractivity contribution >= 4 is 34.5 Å². The predicted octanol–water partition coefficient (Wildman–Crippen LogP) is 1.74. The Morgan fingerprint density at radius 3 is 1.81 bits per heavy atom. The zero-order chi connectivity index (χ0) is 17.1. The molecule has 0 unspecified atom stereocenters. The highest BCUT2D eigenvalue weighted by molar-refractivity contribution is 7.95. The van der Waals surface area contributed by atoms with Crippen LogP contribution in [0.5, 0.6) is 0 Å². The molecule has 0 atom stereocenters. The van der Waals surface area contributed by atoms with Crippen LogP contribution >= 0.6 is 18.6 Å². The van der Waals surface area contributed by atoms with Crippen LogP contribution in [0.4, 0.5) is 0 Å². The third kappa shape index (κ3) is 3.33. The second-order valence-corrected chi connectivity index (χ2v) is 10.5. The molecule has 26 heavy (non-hydrogen) atoms. The minimum atomic E-state index is -1.74. The fraction of sp³-hybridized carbons (Fsp3) is 0.0455. The highest BCUT2D eigenvalue weighted by atomic mass is 35.5. The molecule has 4 rings (SSSR count). The smallest absolute Gasteiger partial charge is 0.127 e. The van der Waals surface area contributed by atoms with Gasteiger partial charge in [-0.25, -0.2) is 4.98 Å². The van der Waals surface area contributed by atoms with Crippen LogP contribution in [0.2, 0.25) is 0 Å². The number of rotatable bonds is 4. The van der Waals surface area contributed by atoms with Gasteiger partial charge in [0.1, 0.15) is 28.2 Å². The molecule has 1 heterocycles. The van der Waals surface area contributed by atoms with Crippen LogP contribution in [0, 0.1) is 0 Å². The monoisotopic (exact) mass is 395 g/mol. The van der Waals surface area contributed by atoms with Gasteiger partial charge in [0, 0.05) is 11.6 Å². The van der Waals surface area contributed by atoms with Crippen LogP contribution in [-0.2, 0) is 0 Å². The van der Waals surface area contributed by atoms with Gasteiger partial charge >= 0.3 is 0 Å². The van der Waals surface area contributed by atoms with Gasteiger partial charge in [0.2, 0.25) is 0 Å². The quantitative estimate of drug-likeness (QED) is 0.480. The maximum atomic E-state index is 4.58. The first-order valence-corrected chi connectivity index (χ1v) is 11.4. The summed E-state index contributed by atoms with van der Waals surface area (Å²) in [5.74, 6) is 0. The molecule has 0 radical (unpaired) electrons. The number of halogens is 1. The summed E-state index contributed by atoms with van der Waals surface area (Å²) >= 11 is 1.70. The second kappa shape index (κ2) is 8.14. The first-order valence-electron chi connectivity index (χ1n) is 8.27. The molecule has 0 aliphatic carbocycles. The van der Waals surface area contributed by atoms with Crippen LogP contribution in [0.15, 0.2) is 96.5 Å². The van der Waals surface area contributed by atoms with E-state index in [9.17, 15) is 0 Å². The molecule has 0 saturated heterocycles. The molecule has 0 aliphatic heterocycles. The number of aromatic nitrogens is 1. The van der Waals surface area contributed by atoms with Crippen molar-refractivity contribution in [2.24, 2.45) is 0 Å². The van der Waals surface area contributed by atoms with Crippen LogP contribution in [0.3, 0.4) is 0 Å². The highest BCUT2D eigenvalue weighted by Gasteiger charge is 2.42. The molecule has 0 aliphatic rings. The summed E-state index contributed by atoms with van der Waals surface area (Å²) in [6, 6.07) is 30.5. The molecular weight excluding hydrogens is 377 g/mol. The largest absolute Gasteiger partial charge is 1.00 e. The van der Waals surface area contributed by atoms with E-state index in [0.717, 1.165) is 5.01 Å². The third-order valence-corrected chi connectivity index (χ3v) is 9.42. The van der Waals surface area contributed by atoms with Crippen LogP contribution < -0.4 is 28.3 Å². The summed E-state index contributed by atoms with van der Waals surface area (Å²) in [5, 5.41) is 7.32. The molecule has 0 N–H and O–H groups in total. The van der Waals surface area contributed by atoms with Gasteiger partial charge in [-0.05, 0) is 36.4 Å². The molecule has 130 valence electrons. The summed E-state index contributed by atoms with van der Waals surface area (Å²) < 4.78 is 0. The molecule has 1 aromatic heterocycles. The van der Waals surface area contributed by atoms with E-state index >= 15 is 0 Å². The van der Waals surface area contributed by atoms with Crippen molar-refractivity contribution < 1.29 is 12.4 Å². The Kier molecular flexibility index (Phi) is 5.88. The molecular formula is C22H19ClNPS.